The van der Waals surface area contributed by atoms with Gasteiger partial charge in [0, 0.05) is 37.7 Å². The first kappa shape index (κ1) is 32.5. The molecule has 0 fully saturated rings. The fourth-order valence-corrected chi connectivity index (χ4v) is 6.46. The highest BCUT2D eigenvalue weighted by atomic mass is 79.9. The van der Waals surface area contributed by atoms with Crippen LogP contribution in [0.3, 0.4) is 0 Å². The molecular formula is C31H29BrN4O8P2. The Balaban J connectivity index is 1.55. The monoisotopic (exact) mass is 726 g/mol. The molecule has 0 atom stereocenters. The molecule has 3 aromatic heterocycles. The maximum Gasteiger partial charge on any atom is 0.469 e. The van der Waals surface area contributed by atoms with E-state index in [0.717, 1.165) is 43.5 Å². The van der Waals surface area contributed by atoms with Gasteiger partial charge in [0.1, 0.15) is 0 Å². The molecule has 2 aliphatic rings. The van der Waals surface area contributed by atoms with Gasteiger partial charge in [0.25, 0.3) is 0 Å². The first-order chi connectivity index (χ1) is 21.9. The summed E-state index contributed by atoms with van der Waals surface area (Å²) in [7, 11) is -9.49. The third kappa shape index (κ3) is 8.08. The Morgan fingerprint density at radius 1 is 0.696 bits per heavy atom. The fraction of sp³-hybridized carbons (Fsp3) is 0.161. The van der Waals surface area contributed by atoms with Crippen LogP contribution in [-0.2, 0) is 18.2 Å². The molecule has 0 unspecified atom stereocenters. The summed E-state index contributed by atoms with van der Waals surface area (Å²) in [6.07, 6.45) is 7.80. The van der Waals surface area contributed by atoms with Crippen LogP contribution in [0.4, 0.5) is 0 Å². The number of nitrogens with one attached hydrogen (secondary N) is 2. The Labute approximate surface area is 271 Å². The molecule has 1 aromatic carbocycles. The number of aromatic nitrogens is 4. The predicted octanol–water partition coefficient (Wildman–Crippen LogP) is 7.17. The average molecular weight is 727 g/mol. The predicted molar refractivity (Wildman–Crippen MR) is 180 cm³/mol. The highest BCUT2D eigenvalue weighted by Crippen LogP contribution is 2.40. The van der Waals surface area contributed by atoms with Gasteiger partial charge in [-0.25, -0.2) is 19.1 Å². The van der Waals surface area contributed by atoms with Crippen molar-refractivity contribution in [2.24, 2.45) is 0 Å². The van der Waals surface area contributed by atoms with Crippen LogP contribution in [0.5, 0.6) is 0 Å². The number of nitrogens with zero attached hydrogens (tertiary/aromatic N) is 2. The van der Waals surface area contributed by atoms with E-state index in [9.17, 15) is 28.7 Å². The van der Waals surface area contributed by atoms with E-state index in [2.05, 4.69) is 25.9 Å². The summed E-state index contributed by atoms with van der Waals surface area (Å²) in [5, 5.41) is 0. The number of benzene rings is 1. The molecule has 0 saturated heterocycles. The molecule has 8 bridgehead atoms. The minimum Gasteiger partial charge on any atom is -0.355 e. The lowest BCUT2D eigenvalue weighted by Gasteiger charge is -2.19. The Kier molecular flexibility index (Phi) is 9.40. The molecule has 0 amide bonds. The molecule has 0 spiro atoms. The van der Waals surface area contributed by atoms with Gasteiger partial charge in [0.05, 0.1) is 36.0 Å². The number of H-pyrrole nitrogens is 2. The van der Waals surface area contributed by atoms with E-state index in [1.807, 2.05) is 85.0 Å². The molecule has 5 heterocycles. The van der Waals surface area contributed by atoms with Crippen molar-refractivity contribution in [2.75, 3.05) is 13.2 Å². The third-order valence-corrected chi connectivity index (χ3v) is 9.00. The molecule has 0 radical (unpaired) electrons. The van der Waals surface area contributed by atoms with Crippen molar-refractivity contribution < 1.29 is 37.8 Å². The SMILES string of the molecule is O=P(O)(O)OCCC(CCOP(=O)(O)O)c1c2nc(cc3ccc([nH]3)c(-c3ccc(Br)cc3)c3nc(cc4ccc1[nH]4)C=C3)C=C2. The molecule has 46 heavy (non-hydrogen) atoms. The summed E-state index contributed by atoms with van der Waals surface area (Å²) in [5.74, 6) is -0.518. The van der Waals surface area contributed by atoms with Gasteiger partial charge in [-0.2, -0.15) is 0 Å². The van der Waals surface area contributed by atoms with E-state index in [1.54, 1.807) is 0 Å². The molecule has 15 heteroatoms. The minimum atomic E-state index is -4.74. The van der Waals surface area contributed by atoms with E-state index < -0.39 is 21.6 Å². The van der Waals surface area contributed by atoms with Gasteiger partial charge >= 0.3 is 15.6 Å². The van der Waals surface area contributed by atoms with Crippen LogP contribution in [0, 0.1) is 0 Å². The lowest BCUT2D eigenvalue weighted by molar-refractivity contribution is 0.176. The first-order valence-electron chi connectivity index (χ1n) is 14.2. The van der Waals surface area contributed by atoms with Gasteiger partial charge < -0.3 is 29.5 Å². The molecular weight excluding hydrogens is 698 g/mol. The van der Waals surface area contributed by atoms with Crippen LogP contribution in [0.15, 0.2) is 65.1 Å². The normalized spacial score (nSPS) is 13.2. The van der Waals surface area contributed by atoms with Gasteiger partial charge in [-0.1, -0.05) is 28.1 Å². The van der Waals surface area contributed by atoms with Crippen molar-refractivity contribution in [3.63, 3.8) is 0 Å². The number of hydrogen-bond acceptors (Lipinski definition) is 6. The second-order valence-electron chi connectivity index (χ2n) is 10.7. The highest BCUT2D eigenvalue weighted by molar-refractivity contribution is 9.10. The molecule has 12 nitrogen and oxygen atoms in total. The maximum absolute atomic E-state index is 11.4. The molecule has 2 aliphatic heterocycles. The van der Waals surface area contributed by atoms with E-state index in [1.165, 1.54) is 0 Å². The Hall–Kier alpha value is -3.48. The zero-order chi connectivity index (χ0) is 32.5. The van der Waals surface area contributed by atoms with E-state index in [4.69, 9.17) is 19.0 Å². The standard InChI is InChI=1S/C31H29BrN4O8P2/c32-21-3-1-19(2-4-21)30-26-9-5-22(33-26)17-24-7-11-28(35-24)31(29-12-8-25(36-29)18-23-6-10-27(30)34-23)20(13-15-43-45(37,38)39)14-16-44-46(40,41)42/h1-12,17-18,20,33,36H,13-16H2,(H2,37,38,39)(H2,40,41,42). The van der Waals surface area contributed by atoms with E-state index in [0.29, 0.717) is 22.5 Å². The number of hydrogen-bond donors (Lipinski definition) is 6. The summed E-state index contributed by atoms with van der Waals surface area (Å²) in [4.78, 5) is 53.7. The third-order valence-electron chi connectivity index (χ3n) is 7.43. The van der Waals surface area contributed by atoms with Crippen LogP contribution in [0.25, 0.3) is 57.5 Å². The fourth-order valence-electron chi connectivity index (χ4n) is 5.51. The molecule has 0 aliphatic carbocycles. The van der Waals surface area contributed by atoms with Crippen molar-refractivity contribution in [1.82, 2.24) is 19.9 Å². The Morgan fingerprint density at radius 3 is 1.80 bits per heavy atom. The van der Waals surface area contributed by atoms with E-state index in [-0.39, 0.29) is 26.1 Å². The second-order valence-corrected chi connectivity index (χ2v) is 14.1. The van der Waals surface area contributed by atoms with Crippen molar-refractivity contribution in [3.05, 3.63) is 93.5 Å². The number of aromatic amines is 2. The van der Waals surface area contributed by atoms with Crippen molar-refractivity contribution in [3.8, 4) is 11.1 Å². The van der Waals surface area contributed by atoms with E-state index >= 15 is 0 Å². The van der Waals surface area contributed by atoms with Crippen LogP contribution >= 0.6 is 31.6 Å². The highest BCUT2D eigenvalue weighted by Gasteiger charge is 2.23. The number of rotatable bonds is 10. The second kappa shape index (κ2) is 13.3. The van der Waals surface area contributed by atoms with Crippen molar-refractivity contribution >= 4 is 77.9 Å². The number of halogens is 1. The van der Waals surface area contributed by atoms with Gasteiger partial charge in [-0.15, -0.1) is 0 Å². The first-order valence-corrected chi connectivity index (χ1v) is 18.0. The average Bonchev–Trinajstić information content (AvgIpc) is 3.79. The van der Waals surface area contributed by atoms with Crippen LogP contribution in [-0.4, -0.2) is 52.7 Å². The molecule has 4 aromatic rings. The lowest BCUT2D eigenvalue weighted by atomic mass is 9.91. The number of phosphoric acid groups is 2. The van der Waals surface area contributed by atoms with Gasteiger partial charge in [0.2, 0.25) is 0 Å². The molecule has 6 N–H and O–H groups in total. The summed E-state index contributed by atoms with van der Waals surface area (Å²) in [6, 6.07) is 19.5. The Bertz CT molecular complexity index is 2070. The van der Waals surface area contributed by atoms with Crippen LogP contribution < -0.4 is 0 Å². The summed E-state index contributed by atoms with van der Waals surface area (Å²) in [6.45, 7) is -0.618. The molecule has 238 valence electrons. The van der Waals surface area contributed by atoms with Crippen LogP contribution in [0.1, 0.15) is 47.1 Å². The zero-order valence-electron chi connectivity index (χ0n) is 24.1. The summed E-state index contributed by atoms with van der Waals surface area (Å²) < 4.78 is 33.3. The lowest BCUT2D eigenvalue weighted by Crippen LogP contribution is -2.09. The summed E-state index contributed by atoms with van der Waals surface area (Å²) >= 11 is 3.52. The largest absolute Gasteiger partial charge is 0.469 e. The Morgan fingerprint density at radius 2 is 1.22 bits per heavy atom. The van der Waals surface area contributed by atoms with Crippen LogP contribution in [0.2, 0.25) is 0 Å². The summed E-state index contributed by atoms with van der Waals surface area (Å²) in [5.41, 5.74) is 8.44. The topological polar surface area (TPSA) is 191 Å². The van der Waals surface area contributed by atoms with Crippen molar-refractivity contribution in [2.45, 2.75) is 18.8 Å². The van der Waals surface area contributed by atoms with Gasteiger partial charge in [-0.05, 0) is 97.2 Å². The van der Waals surface area contributed by atoms with Gasteiger partial charge in [-0.3, -0.25) is 9.05 Å². The zero-order valence-corrected chi connectivity index (χ0v) is 27.5. The van der Waals surface area contributed by atoms with Gasteiger partial charge in [0.15, 0.2) is 0 Å². The quantitative estimate of drug-likeness (QED) is 0.0789. The van der Waals surface area contributed by atoms with Crippen molar-refractivity contribution in [1.29, 1.82) is 0 Å². The molecule has 0 saturated carbocycles. The smallest absolute Gasteiger partial charge is 0.355 e. The maximum atomic E-state index is 11.4. The minimum absolute atomic E-state index is 0.108. The number of fused-ring (bicyclic) bond motifs is 8. The molecule has 6 rings (SSSR count). The number of phosphoric ester groups is 2.